The van der Waals surface area contributed by atoms with Gasteiger partial charge in [-0.2, -0.15) is 0 Å². The summed E-state index contributed by atoms with van der Waals surface area (Å²) in [4.78, 5) is 32.7. The van der Waals surface area contributed by atoms with Crippen molar-refractivity contribution in [3.8, 4) is 0 Å². The third kappa shape index (κ3) is 3.60. The van der Waals surface area contributed by atoms with Crippen LogP contribution in [0.1, 0.15) is 26.2 Å². The molecule has 0 bridgehead atoms. The van der Waals surface area contributed by atoms with Crippen LogP contribution in [0.5, 0.6) is 0 Å². The van der Waals surface area contributed by atoms with Crippen molar-refractivity contribution < 1.29 is 9.59 Å². The van der Waals surface area contributed by atoms with Crippen LogP contribution in [-0.4, -0.2) is 60.1 Å². The van der Waals surface area contributed by atoms with Gasteiger partial charge in [0, 0.05) is 38.4 Å². The van der Waals surface area contributed by atoms with E-state index >= 15 is 0 Å². The van der Waals surface area contributed by atoms with Gasteiger partial charge in [-0.1, -0.05) is 13.0 Å². The largest absolute Gasteiger partial charge is 0.356 e. The molecule has 2 fully saturated rings. The van der Waals surface area contributed by atoms with Gasteiger partial charge in [0.25, 0.3) is 0 Å². The average molecular weight is 331 g/mol. The summed E-state index contributed by atoms with van der Waals surface area (Å²) in [7, 11) is 0. The zero-order chi connectivity index (χ0) is 16.9. The van der Waals surface area contributed by atoms with Crippen molar-refractivity contribution in [1.29, 1.82) is 0 Å². The van der Waals surface area contributed by atoms with Crippen LogP contribution in [0.3, 0.4) is 0 Å². The molecule has 0 saturated carbocycles. The second kappa shape index (κ2) is 7.51. The van der Waals surface area contributed by atoms with Crippen molar-refractivity contribution in [2.24, 2.45) is 0 Å². The molecule has 3 heterocycles. The van der Waals surface area contributed by atoms with Crippen LogP contribution in [0.2, 0.25) is 0 Å². The van der Waals surface area contributed by atoms with Gasteiger partial charge >= 0.3 is 6.03 Å². The summed E-state index contributed by atoms with van der Waals surface area (Å²) >= 11 is 0. The number of urea groups is 1. The van der Waals surface area contributed by atoms with E-state index in [1.165, 1.54) is 0 Å². The molecule has 1 aromatic rings. The van der Waals surface area contributed by atoms with Crippen molar-refractivity contribution in [2.45, 2.75) is 38.3 Å². The molecule has 2 saturated heterocycles. The number of rotatable bonds is 3. The molecule has 1 atom stereocenters. The lowest BCUT2D eigenvalue weighted by atomic mass is 10.0. The Balaban J connectivity index is 1.52. The van der Waals surface area contributed by atoms with Crippen LogP contribution >= 0.6 is 0 Å². The highest BCUT2D eigenvalue weighted by Crippen LogP contribution is 2.18. The fourth-order valence-corrected chi connectivity index (χ4v) is 3.41. The highest BCUT2D eigenvalue weighted by molar-refractivity contribution is 5.88. The molecule has 3 rings (SSSR count). The van der Waals surface area contributed by atoms with Crippen molar-refractivity contribution in [2.75, 3.05) is 31.1 Å². The Labute approximate surface area is 142 Å². The molecular weight excluding hydrogens is 306 g/mol. The zero-order valence-corrected chi connectivity index (χ0v) is 14.1. The Morgan fingerprint density at radius 1 is 1.33 bits per heavy atom. The maximum Gasteiger partial charge on any atom is 0.318 e. The predicted molar refractivity (Wildman–Crippen MR) is 91.8 cm³/mol. The number of piperidine rings is 1. The van der Waals surface area contributed by atoms with Gasteiger partial charge in [0.05, 0.1) is 0 Å². The van der Waals surface area contributed by atoms with Gasteiger partial charge in [0.2, 0.25) is 5.91 Å². The quantitative estimate of drug-likeness (QED) is 0.865. The summed E-state index contributed by atoms with van der Waals surface area (Å²) < 4.78 is 0. The first kappa shape index (κ1) is 16.5. The Morgan fingerprint density at radius 3 is 2.79 bits per heavy atom. The first-order valence-electron chi connectivity index (χ1n) is 8.70. The molecule has 1 unspecified atom stereocenters. The number of aromatic nitrogens is 1. The molecule has 2 aliphatic heterocycles. The number of pyridine rings is 1. The van der Waals surface area contributed by atoms with Gasteiger partial charge in [0.15, 0.2) is 0 Å². The molecule has 2 N–H and O–H groups in total. The molecule has 3 amide bonds. The van der Waals surface area contributed by atoms with Crippen molar-refractivity contribution in [3.05, 3.63) is 24.4 Å². The summed E-state index contributed by atoms with van der Waals surface area (Å²) in [6.45, 7) is 4.78. The van der Waals surface area contributed by atoms with E-state index in [0.717, 1.165) is 31.7 Å². The third-order valence-corrected chi connectivity index (χ3v) is 4.77. The Hall–Kier alpha value is -2.31. The average Bonchev–Trinajstić information content (AvgIpc) is 2.63. The minimum atomic E-state index is -0.354. The van der Waals surface area contributed by atoms with E-state index in [0.29, 0.717) is 19.5 Å². The van der Waals surface area contributed by atoms with Crippen LogP contribution in [0.4, 0.5) is 10.6 Å². The van der Waals surface area contributed by atoms with Crippen LogP contribution in [-0.2, 0) is 4.79 Å². The van der Waals surface area contributed by atoms with E-state index in [-0.39, 0.29) is 24.0 Å². The molecule has 130 valence electrons. The van der Waals surface area contributed by atoms with Gasteiger partial charge in [-0.25, -0.2) is 9.78 Å². The molecule has 0 spiro atoms. The number of nitrogens with one attached hydrogen (secondary N) is 2. The normalized spacial score (nSPS) is 22.2. The number of nitrogens with zero attached hydrogens (tertiary/aromatic N) is 3. The molecule has 0 aromatic carbocycles. The number of piperazine rings is 1. The van der Waals surface area contributed by atoms with Crippen molar-refractivity contribution in [3.63, 3.8) is 0 Å². The monoisotopic (exact) mass is 331 g/mol. The van der Waals surface area contributed by atoms with E-state index < -0.39 is 0 Å². The topological polar surface area (TPSA) is 77.6 Å². The molecule has 2 aliphatic rings. The molecule has 1 aromatic heterocycles. The number of carbonyl (C=O) groups excluding carboxylic acids is 2. The van der Waals surface area contributed by atoms with E-state index in [9.17, 15) is 9.59 Å². The maximum absolute atomic E-state index is 12.5. The van der Waals surface area contributed by atoms with E-state index in [4.69, 9.17) is 0 Å². The number of hydrogen-bond acceptors (Lipinski definition) is 4. The minimum Gasteiger partial charge on any atom is -0.356 e. The van der Waals surface area contributed by atoms with Gasteiger partial charge in [0.1, 0.15) is 11.9 Å². The Morgan fingerprint density at radius 2 is 2.12 bits per heavy atom. The lowest BCUT2D eigenvalue weighted by Crippen LogP contribution is -2.60. The highest BCUT2D eigenvalue weighted by atomic mass is 16.2. The van der Waals surface area contributed by atoms with Crippen LogP contribution < -0.4 is 15.5 Å². The lowest BCUT2D eigenvalue weighted by molar-refractivity contribution is -0.127. The van der Waals surface area contributed by atoms with Crippen LogP contribution in [0.25, 0.3) is 0 Å². The minimum absolute atomic E-state index is 0.0520. The summed E-state index contributed by atoms with van der Waals surface area (Å²) in [6.07, 6.45) is 4.21. The van der Waals surface area contributed by atoms with Crippen molar-refractivity contribution in [1.82, 2.24) is 20.5 Å². The summed E-state index contributed by atoms with van der Waals surface area (Å²) in [6, 6.07) is 5.59. The molecule has 24 heavy (non-hydrogen) atoms. The Bertz CT molecular complexity index is 572. The number of anilines is 1. The molecule has 7 nitrogen and oxygen atoms in total. The van der Waals surface area contributed by atoms with Gasteiger partial charge < -0.3 is 20.4 Å². The van der Waals surface area contributed by atoms with Crippen molar-refractivity contribution >= 4 is 17.8 Å². The third-order valence-electron chi connectivity index (χ3n) is 4.77. The Kier molecular flexibility index (Phi) is 5.17. The lowest BCUT2D eigenvalue weighted by Gasteiger charge is -2.37. The maximum atomic E-state index is 12.5. The first-order valence-corrected chi connectivity index (χ1v) is 8.70. The number of carbonyl (C=O) groups is 2. The zero-order valence-electron chi connectivity index (χ0n) is 14.1. The number of amides is 3. The predicted octanol–water partition coefficient (Wildman–Crippen LogP) is 0.970. The van der Waals surface area contributed by atoms with Crippen LogP contribution in [0, 0.1) is 0 Å². The second-order valence-electron chi connectivity index (χ2n) is 6.31. The van der Waals surface area contributed by atoms with Gasteiger partial charge in [-0.3, -0.25) is 4.79 Å². The molecule has 7 heteroatoms. The molecule has 0 aliphatic carbocycles. The fourth-order valence-electron chi connectivity index (χ4n) is 3.41. The summed E-state index contributed by atoms with van der Waals surface area (Å²) in [5.74, 6) is 0.935. The van der Waals surface area contributed by atoms with E-state index in [1.807, 2.05) is 25.1 Å². The SMILES string of the molecule is CCC1C(=O)NCCN1C(=O)NC1CCN(c2ccccn2)CC1. The summed E-state index contributed by atoms with van der Waals surface area (Å²) in [5.41, 5.74) is 0. The first-order chi connectivity index (χ1) is 11.7. The fraction of sp³-hybridized carbons (Fsp3) is 0.588. The number of hydrogen-bond donors (Lipinski definition) is 2. The smallest absolute Gasteiger partial charge is 0.318 e. The standard InChI is InChI=1S/C17H25N5O2/c1-2-14-16(23)19-9-12-22(14)17(24)20-13-6-10-21(11-7-13)15-5-3-4-8-18-15/h3-5,8,13-14H,2,6-7,9-12H2,1H3,(H,19,23)(H,20,24). The van der Waals surface area contributed by atoms with E-state index in [1.54, 1.807) is 11.1 Å². The summed E-state index contributed by atoms with van der Waals surface area (Å²) in [5, 5.41) is 5.93. The van der Waals surface area contributed by atoms with Crippen LogP contribution in [0.15, 0.2) is 24.4 Å². The molecule has 0 radical (unpaired) electrons. The van der Waals surface area contributed by atoms with Gasteiger partial charge in [-0.15, -0.1) is 0 Å². The highest BCUT2D eigenvalue weighted by Gasteiger charge is 2.33. The molecular formula is C17H25N5O2. The second-order valence-corrected chi connectivity index (χ2v) is 6.31. The van der Waals surface area contributed by atoms with Gasteiger partial charge in [-0.05, 0) is 31.4 Å². The van der Waals surface area contributed by atoms with E-state index in [2.05, 4.69) is 20.5 Å².